The first kappa shape index (κ1) is 14.4. The predicted molar refractivity (Wildman–Crippen MR) is 82.5 cm³/mol. The molecule has 1 amide bonds. The van der Waals surface area contributed by atoms with Gasteiger partial charge >= 0.3 is 0 Å². The average molecular weight is 284 g/mol. The summed E-state index contributed by atoms with van der Waals surface area (Å²) in [6.07, 6.45) is 3.27. The SMILES string of the molecule is C=CCNc1cnnc(Nc2ccc(NC(C)=O)cc2)n1. The van der Waals surface area contributed by atoms with Gasteiger partial charge in [-0.15, -0.1) is 11.7 Å². The molecule has 0 saturated heterocycles. The first-order valence-corrected chi connectivity index (χ1v) is 6.36. The third-order valence-corrected chi connectivity index (χ3v) is 2.45. The van der Waals surface area contributed by atoms with Crippen molar-refractivity contribution in [2.24, 2.45) is 0 Å². The normalized spacial score (nSPS) is 9.76. The summed E-state index contributed by atoms with van der Waals surface area (Å²) < 4.78 is 0. The molecule has 2 aromatic rings. The molecule has 0 aliphatic carbocycles. The lowest BCUT2D eigenvalue weighted by Crippen LogP contribution is -2.06. The molecule has 108 valence electrons. The van der Waals surface area contributed by atoms with Gasteiger partial charge in [0.25, 0.3) is 0 Å². The molecule has 7 heteroatoms. The second-order valence-corrected chi connectivity index (χ2v) is 4.22. The van der Waals surface area contributed by atoms with Crippen molar-refractivity contribution in [3.05, 3.63) is 43.1 Å². The van der Waals surface area contributed by atoms with E-state index in [0.717, 1.165) is 11.4 Å². The average Bonchev–Trinajstić information content (AvgIpc) is 2.47. The zero-order chi connectivity index (χ0) is 15.1. The Bertz CT molecular complexity index is 626. The lowest BCUT2D eigenvalue weighted by molar-refractivity contribution is -0.114. The molecule has 0 saturated carbocycles. The highest BCUT2D eigenvalue weighted by atomic mass is 16.1. The molecular formula is C14H16N6O. The van der Waals surface area contributed by atoms with Crippen LogP contribution in [0, 0.1) is 0 Å². The Morgan fingerprint density at radius 2 is 2.00 bits per heavy atom. The minimum absolute atomic E-state index is 0.107. The van der Waals surface area contributed by atoms with Crippen LogP contribution in [-0.2, 0) is 4.79 Å². The van der Waals surface area contributed by atoms with Crippen molar-refractivity contribution in [1.29, 1.82) is 0 Å². The Balaban J connectivity index is 2.03. The Morgan fingerprint density at radius 1 is 1.29 bits per heavy atom. The molecule has 0 radical (unpaired) electrons. The van der Waals surface area contributed by atoms with E-state index in [1.165, 1.54) is 13.1 Å². The van der Waals surface area contributed by atoms with Gasteiger partial charge in [0.1, 0.15) is 0 Å². The number of nitrogens with one attached hydrogen (secondary N) is 3. The van der Waals surface area contributed by atoms with E-state index in [-0.39, 0.29) is 5.91 Å². The monoisotopic (exact) mass is 284 g/mol. The van der Waals surface area contributed by atoms with Crippen LogP contribution in [0.25, 0.3) is 0 Å². The van der Waals surface area contributed by atoms with E-state index in [4.69, 9.17) is 0 Å². The summed E-state index contributed by atoms with van der Waals surface area (Å²) in [5, 5.41) is 16.5. The van der Waals surface area contributed by atoms with Gasteiger partial charge in [0.15, 0.2) is 5.82 Å². The second kappa shape index (κ2) is 6.99. The zero-order valence-electron chi connectivity index (χ0n) is 11.6. The van der Waals surface area contributed by atoms with Crippen LogP contribution in [0.5, 0.6) is 0 Å². The fraction of sp³-hybridized carbons (Fsp3) is 0.143. The number of aromatic nitrogens is 3. The largest absolute Gasteiger partial charge is 0.365 e. The molecule has 1 heterocycles. The van der Waals surface area contributed by atoms with Crippen molar-refractivity contribution in [3.8, 4) is 0 Å². The molecule has 0 aliphatic rings. The van der Waals surface area contributed by atoms with Gasteiger partial charge in [-0.2, -0.15) is 10.1 Å². The summed E-state index contributed by atoms with van der Waals surface area (Å²) >= 11 is 0. The minimum atomic E-state index is -0.107. The quantitative estimate of drug-likeness (QED) is 0.704. The molecule has 21 heavy (non-hydrogen) atoms. The van der Waals surface area contributed by atoms with Crippen molar-refractivity contribution in [3.63, 3.8) is 0 Å². The molecule has 0 aliphatic heterocycles. The molecular weight excluding hydrogens is 268 g/mol. The summed E-state index contributed by atoms with van der Waals surface area (Å²) in [5.41, 5.74) is 1.53. The number of carbonyl (C=O) groups excluding carboxylic acids is 1. The first-order chi connectivity index (χ1) is 10.2. The van der Waals surface area contributed by atoms with Crippen molar-refractivity contribution >= 4 is 29.0 Å². The number of anilines is 4. The maximum atomic E-state index is 10.9. The molecule has 0 spiro atoms. The number of amides is 1. The van der Waals surface area contributed by atoms with E-state index in [1.54, 1.807) is 18.2 Å². The van der Waals surface area contributed by atoms with E-state index in [9.17, 15) is 4.79 Å². The number of hydrogen-bond acceptors (Lipinski definition) is 6. The lowest BCUT2D eigenvalue weighted by atomic mass is 10.3. The Labute approximate surface area is 122 Å². The summed E-state index contributed by atoms with van der Waals surface area (Å²) in [5.74, 6) is 0.892. The van der Waals surface area contributed by atoms with E-state index in [1.807, 2.05) is 12.1 Å². The Hall–Kier alpha value is -2.96. The van der Waals surface area contributed by atoms with Crippen LogP contribution < -0.4 is 16.0 Å². The molecule has 1 aromatic heterocycles. The lowest BCUT2D eigenvalue weighted by Gasteiger charge is -2.07. The standard InChI is InChI=1S/C14H16N6O/c1-3-8-15-13-9-16-20-14(19-13)18-12-6-4-11(5-7-12)17-10(2)21/h3-7,9H,1,8H2,2H3,(H,17,21)(H2,15,18,19,20). The van der Waals surface area contributed by atoms with Gasteiger partial charge in [-0.25, -0.2) is 0 Å². The highest BCUT2D eigenvalue weighted by molar-refractivity contribution is 5.88. The third kappa shape index (κ3) is 4.57. The smallest absolute Gasteiger partial charge is 0.249 e. The maximum absolute atomic E-state index is 10.9. The van der Waals surface area contributed by atoms with Crippen molar-refractivity contribution in [2.75, 3.05) is 22.5 Å². The fourth-order valence-corrected chi connectivity index (χ4v) is 1.59. The Morgan fingerprint density at radius 3 is 2.67 bits per heavy atom. The van der Waals surface area contributed by atoms with E-state index in [2.05, 4.69) is 37.7 Å². The Kier molecular flexibility index (Phi) is 4.81. The predicted octanol–water partition coefficient (Wildman–Crippen LogP) is 2.17. The molecule has 0 fully saturated rings. The van der Waals surface area contributed by atoms with Gasteiger partial charge in [-0.3, -0.25) is 4.79 Å². The van der Waals surface area contributed by atoms with Crippen LogP contribution in [0.3, 0.4) is 0 Å². The third-order valence-electron chi connectivity index (χ3n) is 2.45. The fourth-order valence-electron chi connectivity index (χ4n) is 1.59. The molecule has 7 nitrogen and oxygen atoms in total. The van der Waals surface area contributed by atoms with E-state index < -0.39 is 0 Å². The topological polar surface area (TPSA) is 91.8 Å². The number of hydrogen-bond donors (Lipinski definition) is 3. The summed E-state index contributed by atoms with van der Waals surface area (Å²) in [6.45, 7) is 5.69. The highest BCUT2D eigenvalue weighted by Crippen LogP contribution is 2.16. The maximum Gasteiger partial charge on any atom is 0.249 e. The van der Waals surface area contributed by atoms with Crippen LogP contribution in [-0.4, -0.2) is 27.6 Å². The van der Waals surface area contributed by atoms with Gasteiger partial charge < -0.3 is 16.0 Å². The van der Waals surface area contributed by atoms with Crippen LogP contribution >= 0.6 is 0 Å². The van der Waals surface area contributed by atoms with Crippen molar-refractivity contribution < 1.29 is 4.79 Å². The van der Waals surface area contributed by atoms with E-state index in [0.29, 0.717) is 18.3 Å². The van der Waals surface area contributed by atoms with Crippen LogP contribution in [0.4, 0.5) is 23.1 Å². The van der Waals surface area contributed by atoms with Crippen LogP contribution in [0.15, 0.2) is 43.1 Å². The number of carbonyl (C=O) groups is 1. The number of nitrogens with zero attached hydrogens (tertiary/aromatic N) is 3. The van der Waals surface area contributed by atoms with Gasteiger partial charge in [-0.05, 0) is 24.3 Å². The number of rotatable bonds is 6. The highest BCUT2D eigenvalue weighted by Gasteiger charge is 2.01. The van der Waals surface area contributed by atoms with Gasteiger partial charge in [0, 0.05) is 24.8 Å². The molecule has 1 aromatic carbocycles. The second-order valence-electron chi connectivity index (χ2n) is 4.22. The van der Waals surface area contributed by atoms with Gasteiger partial charge in [0.2, 0.25) is 11.9 Å². The van der Waals surface area contributed by atoms with Crippen LogP contribution in [0.2, 0.25) is 0 Å². The summed E-state index contributed by atoms with van der Waals surface area (Å²) in [6, 6.07) is 7.21. The first-order valence-electron chi connectivity index (χ1n) is 6.36. The molecule has 2 rings (SSSR count). The molecule has 0 unspecified atom stereocenters. The molecule has 0 atom stereocenters. The molecule has 3 N–H and O–H groups in total. The van der Waals surface area contributed by atoms with Crippen molar-refractivity contribution in [2.45, 2.75) is 6.92 Å². The minimum Gasteiger partial charge on any atom is -0.365 e. The summed E-state index contributed by atoms with van der Waals surface area (Å²) in [7, 11) is 0. The van der Waals surface area contributed by atoms with Crippen molar-refractivity contribution in [1.82, 2.24) is 15.2 Å². The van der Waals surface area contributed by atoms with Crippen LogP contribution in [0.1, 0.15) is 6.92 Å². The van der Waals surface area contributed by atoms with Gasteiger partial charge in [0.05, 0.1) is 6.20 Å². The zero-order valence-corrected chi connectivity index (χ0v) is 11.6. The summed E-state index contributed by atoms with van der Waals surface area (Å²) in [4.78, 5) is 15.2. The van der Waals surface area contributed by atoms with Gasteiger partial charge in [-0.1, -0.05) is 6.08 Å². The van der Waals surface area contributed by atoms with E-state index >= 15 is 0 Å². The number of benzene rings is 1. The molecule has 0 bridgehead atoms.